The number of carbonyl (C=O) groups excluding carboxylic acids is 4. The number of carbonyl (C=O) groups is 4. The molecule has 3 unspecified atom stereocenters. The van der Waals surface area contributed by atoms with Gasteiger partial charge in [-0.05, 0) is 48.8 Å². The molecule has 0 radical (unpaired) electrons. The number of hydrogen-bond acceptors (Lipinski definition) is 14. The Balaban J connectivity index is 0.000000208. The van der Waals surface area contributed by atoms with Crippen molar-refractivity contribution in [2.45, 2.75) is 43.4 Å². The van der Waals surface area contributed by atoms with Crippen LogP contribution in [0, 0.1) is 18.3 Å². The number of rotatable bonds is 15. The lowest BCUT2D eigenvalue weighted by Gasteiger charge is -2.17. The van der Waals surface area contributed by atoms with Crippen LogP contribution < -0.4 is 25.4 Å². The first-order valence-corrected chi connectivity index (χ1v) is 20.6. The Morgan fingerprint density at radius 3 is 2.00 bits per heavy atom. The van der Waals surface area contributed by atoms with Crippen LogP contribution in [0.15, 0.2) is 98.1 Å². The highest BCUT2D eigenvalue weighted by atomic mass is 32.2. The van der Waals surface area contributed by atoms with E-state index in [2.05, 4.69) is 51.8 Å². The van der Waals surface area contributed by atoms with Gasteiger partial charge in [-0.2, -0.15) is 11.8 Å². The van der Waals surface area contributed by atoms with Crippen LogP contribution in [-0.2, 0) is 14.3 Å². The van der Waals surface area contributed by atoms with Crippen LogP contribution >= 0.6 is 11.8 Å². The molecule has 0 saturated carbocycles. The lowest BCUT2D eigenvalue weighted by Crippen LogP contribution is -2.34. The monoisotopic (exact) mass is 839 g/mol. The van der Waals surface area contributed by atoms with Crippen molar-refractivity contribution in [1.29, 1.82) is 0 Å². The summed E-state index contributed by atoms with van der Waals surface area (Å²) >= 11 is 1.93. The molecule has 0 spiro atoms. The average molecular weight is 840 g/mol. The number of terminal acetylenes is 1. The van der Waals surface area contributed by atoms with Gasteiger partial charge in [0.1, 0.15) is 42.7 Å². The first-order valence-electron chi connectivity index (χ1n) is 19.5. The molecule has 6 heterocycles. The van der Waals surface area contributed by atoms with Crippen molar-refractivity contribution in [2.75, 3.05) is 36.2 Å². The largest absolute Gasteiger partial charge is 0.490 e. The Morgan fingerprint density at radius 2 is 1.41 bits per heavy atom. The molecule has 3 amide bonds. The van der Waals surface area contributed by atoms with Gasteiger partial charge < -0.3 is 30.2 Å². The molecule has 0 aliphatic carbocycles. The van der Waals surface area contributed by atoms with Crippen molar-refractivity contribution in [3.63, 3.8) is 0 Å². The van der Waals surface area contributed by atoms with Gasteiger partial charge in [-0.1, -0.05) is 24.5 Å². The molecule has 3 atom stereocenters. The van der Waals surface area contributed by atoms with Crippen LogP contribution in [-0.4, -0.2) is 90.5 Å². The number of pyridine rings is 2. The lowest BCUT2D eigenvalue weighted by atomic mass is 9.97. The molecule has 2 saturated heterocycles. The molecule has 4 aromatic heterocycles. The van der Waals surface area contributed by atoms with Gasteiger partial charge in [0, 0.05) is 84.2 Å². The molecule has 2 aliphatic rings. The smallest absolute Gasteiger partial charge is 0.305 e. The molecule has 16 nitrogen and oxygen atoms in total. The number of esters is 1. The number of aromatic nitrogens is 6. The predicted molar refractivity (Wildman–Crippen MR) is 229 cm³/mol. The molecule has 3 N–H and O–H groups in total. The lowest BCUT2D eigenvalue weighted by molar-refractivity contribution is -0.144. The number of anilines is 2. The quantitative estimate of drug-likeness (QED) is 0.0647. The molecule has 2 fully saturated rings. The first-order chi connectivity index (χ1) is 29.8. The van der Waals surface area contributed by atoms with E-state index in [4.69, 9.17) is 20.6 Å². The van der Waals surface area contributed by atoms with Gasteiger partial charge in [-0.15, -0.1) is 6.42 Å². The van der Waals surface area contributed by atoms with E-state index in [-0.39, 0.29) is 49.0 Å². The number of ether oxygens (including phenoxy) is 3. The number of fused-ring (bicyclic) bond motifs is 3. The van der Waals surface area contributed by atoms with E-state index in [1.165, 1.54) is 37.2 Å². The van der Waals surface area contributed by atoms with Crippen molar-refractivity contribution in [3.05, 3.63) is 109 Å². The zero-order valence-electron chi connectivity index (χ0n) is 32.9. The van der Waals surface area contributed by atoms with Gasteiger partial charge in [-0.25, -0.2) is 9.97 Å². The Hall–Kier alpha value is -7.19. The number of thioether (sulfide) groups is 1. The highest BCUT2D eigenvalue weighted by Gasteiger charge is 2.42. The standard InChI is InChI=1S/C27H29N5O5S.C17H12N4O2/c33-23-13-18-16-38-22(26(18)32-23)5-1-2-6-24(34)37-11-10-36-19-12-17-4-3-7-30-25(17)20(14-19)31-27(35)21-15-28-8-9-29-21;1-2-8-23-13-9-12-4-3-5-20-16(12)14(10-13)21-17(22)15-11-18-6-7-19-15/h3-4,7-9,12,14-15,18,22,26H,1-2,5-6,10-11,13,16H2,(H,31,35)(H,32,33);1,3-7,9-11H,8H2,(H,21,22). The second-order valence-electron chi connectivity index (χ2n) is 13.9. The van der Waals surface area contributed by atoms with Crippen LogP contribution in [0.5, 0.6) is 11.5 Å². The maximum absolute atomic E-state index is 12.6. The summed E-state index contributed by atoms with van der Waals surface area (Å²) in [7, 11) is 0. The summed E-state index contributed by atoms with van der Waals surface area (Å²) in [6.45, 7) is 0.444. The minimum absolute atomic E-state index is 0.124. The van der Waals surface area contributed by atoms with E-state index in [0.29, 0.717) is 64.0 Å². The highest BCUT2D eigenvalue weighted by Crippen LogP contribution is 2.39. The van der Waals surface area contributed by atoms with E-state index >= 15 is 0 Å². The summed E-state index contributed by atoms with van der Waals surface area (Å²) in [5.74, 6) is 4.12. The molecule has 2 aliphatic heterocycles. The van der Waals surface area contributed by atoms with Crippen molar-refractivity contribution < 1.29 is 33.4 Å². The van der Waals surface area contributed by atoms with Crippen molar-refractivity contribution in [1.82, 2.24) is 35.2 Å². The zero-order valence-corrected chi connectivity index (χ0v) is 33.7. The summed E-state index contributed by atoms with van der Waals surface area (Å²) in [5.41, 5.74) is 2.67. The average Bonchev–Trinajstić information content (AvgIpc) is 3.85. The minimum atomic E-state index is -0.407. The van der Waals surface area contributed by atoms with Crippen molar-refractivity contribution >= 4 is 68.6 Å². The fraction of sp³-hybridized carbons (Fsp3) is 0.273. The zero-order chi connectivity index (χ0) is 42.4. The Labute approximate surface area is 355 Å². The van der Waals surface area contributed by atoms with E-state index in [0.717, 1.165) is 35.8 Å². The number of benzene rings is 2. The third-order valence-electron chi connectivity index (χ3n) is 9.71. The number of amides is 3. The van der Waals surface area contributed by atoms with E-state index in [9.17, 15) is 19.2 Å². The second-order valence-corrected chi connectivity index (χ2v) is 15.2. The van der Waals surface area contributed by atoms with Gasteiger partial charge in [0.25, 0.3) is 11.8 Å². The van der Waals surface area contributed by atoms with E-state index < -0.39 is 5.91 Å². The number of nitrogens with zero attached hydrogens (tertiary/aromatic N) is 6. The van der Waals surface area contributed by atoms with E-state index in [1.54, 1.807) is 30.6 Å². The minimum Gasteiger partial charge on any atom is -0.490 e. The second kappa shape index (κ2) is 20.7. The molecule has 6 aromatic rings. The fourth-order valence-electron chi connectivity index (χ4n) is 6.92. The molecular weight excluding hydrogens is 799 g/mol. The topological polar surface area (TPSA) is 209 Å². The fourth-order valence-corrected chi connectivity index (χ4v) is 8.57. The summed E-state index contributed by atoms with van der Waals surface area (Å²) < 4.78 is 16.6. The van der Waals surface area contributed by atoms with Crippen LogP contribution in [0.4, 0.5) is 11.4 Å². The number of hydrogen-bond donors (Lipinski definition) is 3. The van der Waals surface area contributed by atoms with Gasteiger partial charge in [-0.3, -0.25) is 39.1 Å². The predicted octanol–water partition coefficient (Wildman–Crippen LogP) is 5.67. The Morgan fingerprint density at radius 1 is 0.787 bits per heavy atom. The Bertz CT molecular complexity index is 2540. The number of nitrogens with one attached hydrogen (secondary N) is 3. The summed E-state index contributed by atoms with van der Waals surface area (Å²) in [6, 6.07) is 14.7. The third-order valence-corrected chi connectivity index (χ3v) is 11.3. The maximum atomic E-state index is 12.6. The van der Waals surface area contributed by atoms with Gasteiger partial charge in [0.15, 0.2) is 0 Å². The van der Waals surface area contributed by atoms with Crippen LogP contribution in [0.25, 0.3) is 21.8 Å². The third kappa shape index (κ3) is 11.3. The summed E-state index contributed by atoms with van der Waals surface area (Å²) in [5, 5.41) is 10.8. The number of unbranched alkanes of at least 4 members (excludes halogenated alkanes) is 1. The van der Waals surface area contributed by atoms with Gasteiger partial charge in [0.05, 0.1) is 34.8 Å². The van der Waals surface area contributed by atoms with Crippen LogP contribution in [0.2, 0.25) is 0 Å². The van der Waals surface area contributed by atoms with E-state index in [1.807, 2.05) is 42.1 Å². The molecule has 2 aromatic carbocycles. The summed E-state index contributed by atoms with van der Waals surface area (Å²) in [6.07, 6.45) is 20.9. The van der Waals surface area contributed by atoms with Gasteiger partial charge in [0.2, 0.25) is 5.91 Å². The normalized spacial score (nSPS) is 16.3. The molecule has 310 valence electrons. The van der Waals surface area contributed by atoms with Crippen molar-refractivity contribution in [2.24, 2.45) is 5.92 Å². The molecule has 61 heavy (non-hydrogen) atoms. The summed E-state index contributed by atoms with van der Waals surface area (Å²) in [4.78, 5) is 73.1. The molecule has 8 rings (SSSR count). The maximum Gasteiger partial charge on any atom is 0.305 e. The Kier molecular flexibility index (Phi) is 14.2. The van der Waals surface area contributed by atoms with Gasteiger partial charge >= 0.3 is 5.97 Å². The molecule has 0 bridgehead atoms. The van der Waals surface area contributed by atoms with Crippen LogP contribution in [0.3, 0.4) is 0 Å². The molecular formula is C44H41N9O7S. The van der Waals surface area contributed by atoms with Crippen LogP contribution in [0.1, 0.15) is 53.1 Å². The highest BCUT2D eigenvalue weighted by molar-refractivity contribution is 8.00. The van der Waals surface area contributed by atoms with Crippen molar-refractivity contribution in [3.8, 4) is 23.8 Å². The first kappa shape index (κ1) is 42.0. The molecule has 17 heteroatoms. The SMILES string of the molecule is C#CCOc1cc(NC(=O)c2cnccn2)c2ncccc2c1.O=C1CC2CSC(CCCCC(=O)OCCOc3cc(NC(=O)c4cnccn4)c4ncccc4c3)C2N1.